The highest BCUT2D eigenvalue weighted by Gasteiger charge is 2.35. The summed E-state index contributed by atoms with van der Waals surface area (Å²) in [7, 11) is 3.20. The van der Waals surface area contributed by atoms with Crippen molar-refractivity contribution in [1.29, 1.82) is 0 Å². The van der Waals surface area contributed by atoms with Gasteiger partial charge < -0.3 is 14.8 Å². The largest absolute Gasteiger partial charge is 0.493 e. The monoisotopic (exact) mass is 365 g/mol. The predicted molar refractivity (Wildman–Crippen MR) is 108 cm³/mol. The molecule has 0 aromatic heterocycles. The lowest BCUT2D eigenvalue weighted by Crippen LogP contribution is -2.38. The Kier molecular flexibility index (Phi) is 6.17. The van der Waals surface area contributed by atoms with Crippen LogP contribution >= 0.6 is 0 Å². The van der Waals surface area contributed by atoms with Gasteiger partial charge in [0.25, 0.3) is 0 Å². The Balaban J connectivity index is 1.64. The van der Waals surface area contributed by atoms with Crippen LogP contribution in [0.25, 0.3) is 6.08 Å². The first-order valence-electron chi connectivity index (χ1n) is 9.40. The van der Waals surface area contributed by atoms with Crippen LogP contribution in [-0.4, -0.2) is 26.7 Å². The van der Waals surface area contributed by atoms with E-state index in [4.69, 9.17) is 9.47 Å². The highest BCUT2D eigenvalue weighted by atomic mass is 16.5. The van der Waals surface area contributed by atoms with E-state index in [0.717, 1.165) is 18.4 Å². The van der Waals surface area contributed by atoms with Crippen LogP contribution in [0.2, 0.25) is 0 Å². The molecule has 27 heavy (non-hydrogen) atoms. The molecule has 1 aliphatic rings. The van der Waals surface area contributed by atoms with Gasteiger partial charge in [0, 0.05) is 18.0 Å². The lowest BCUT2D eigenvalue weighted by molar-refractivity contribution is -0.116. The molecular formula is C23H27NO3. The highest BCUT2D eigenvalue weighted by molar-refractivity contribution is 5.91. The van der Waals surface area contributed by atoms with E-state index >= 15 is 0 Å². The fraction of sp³-hybridized carbons (Fsp3) is 0.348. The number of nitrogens with one attached hydrogen (secondary N) is 1. The van der Waals surface area contributed by atoms with Gasteiger partial charge in [-0.25, -0.2) is 0 Å². The van der Waals surface area contributed by atoms with Gasteiger partial charge in [0.15, 0.2) is 11.5 Å². The highest BCUT2D eigenvalue weighted by Crippen LogP contribution is 2.40. The number of carbonyl (C=O) groups excluding carboxylic acids is 1. The Morgan fingerprint density at radius 2 is 1.74 bits per heavy atom. The number of methoxy groups -OCH3 is 2. The molecule has 0 unspecified atom stereocenters. The van der Waals surface area contributed by atoms with Crippen molar-refractivity contribution in [3.63, 3.8) is 0 Å². The summed E-state index contributed by atoms with van der Waals surface area (Å²) in [5, 5.41) is 3.10. The maximum absolute atomic E-state index is 12.4. The number of rotatable bonds is 7. The SMILES string of the molecule is COc1ccc(/C=C/C(=O)NCC2(c3ccccc3)CCCC2)cc1OC. The minimum atomic E-state index is -0.0769. The molecule has 3 rings (SSSR count). The lowest BCUT2D eigenvalue weighted by Gasteiger charge is -2.29. The minimum Gasteiger partial charge on any atom is -0.493 e. The molecule has 4 nitrogen and oxygen atoms in total. The molecule has 1 saturated carbocycles. The molecule has 1 fully saturated rings. The van der Waals surface area contributed by atoms with Gasteiger partial charge in [0.2, 0.25) is 5.91 Å². The second-order valence-electron chi connectivity index (χ2n) is 7.02. The Bertz CT molecular complexity index is 793. The van der Waals surface area contributed by atoms with Gasteiger partial charge in [-0.2, -0.15) is 0 Å². The Labute approximate surface area is 161 Å². The maximum Gasteiger partial charge on any atom is 0.244 e. The summed E-state index contributed by atoms with van der Waals surface area (Å²) >= 11 is 0. The van der Waals surface area contributed by atoms with E-state index in [-0.39, 0.29) is 11.3 Å². The lowest BCUT2D eigenvalue weighted by atomic mass is 9.79. The smallest absolute Gasteiger partial charge is 0.244 e. The molecule has 0 atom stereocenters. The molecule has 0 aliphatic heterocycles. The van der Waals surface area contributed by atoms with Crippen LogP contribution in [0.3, 0.4) is 0 Å². The molecule has 1 aliphatic carbocycles. The maximum atomic E-state index is 12.4. The zero-order valence-corrected chi connectivity index (χ0v) is 16.0. The van der Waals surface area contributed by atoms with Crippen LogP contribution in [-0.2, 0) is 10.2 Å². The molecule has 0 heterocycles. The minimum absolute atomic E-state index is 0.0636. The molecule has 1 amide bonds. The molecule has 0 radical (unpaired) electrons. The number of amides is 1. The second kappa shape index (κ2) is 8.76. The third-order valence-corrected chi connectivity index (χ3v) is 5.38. The van der Waals surface area contributed by atoms with Crippen molar-refractivity contribution < 1.29 is 14.3 Å². The summed E-state index contributed by atoms with van der Waals surface area (Å²) in [6.07, 6.45) is 8.04. The van der Waals surface area contributed by atoms with Crippen molar-refractivity contribution in [3.8, 4) is 11.5 Å². The molecule has 142 valence electrons. The van der Waals surface area contributed by atoms with Crippen molar-refractivity contribution in [1.82, 2.24) is 5.32 Å². The van der Waals surface area contributed by atoms with Crippen molar-refractivity contribution in [3.05, 3.63) is 65.7 Å². The zero-order chi connectivity index (χ0) is 19.1. The number of benzene rings is 2. The summed E-state index contributed by atoms with van der Waals surface area (Å²) in [5.41, 5.74) is 2.28. The average Bonchev–Trinajstić information content (AvgIpc) is 3.21. The van der Waals surface area contributed by atoms with Gasteiger partial charge in [-0.3, -0.25) is 4.79 Å². The van der Waals surface area contributed by atoms with Crippen LogP contribution in [0.1, 0.15) is 36.8 Å². The molecule has 4 heteroatoms. The van der Waals surface area contributed by atoms with Crippen molar-refractivity contribution in [2.75, 3.05) is 20.8 Å². The van der Waals surface area contributed by atoms with Crippen LogP contribution in [0.5, 0.6) is 11.5 Å². The van der Waals surface area contributed by atoms with Gasteiger partial charge >= 0.3 is 0 Å². The average molecular weight is 365 g/mol. The van der Waals surface area contributed by atoms with Crippen LogP contribution in [0.4, 0.5) is 0 Å². The second-order valence-corrected chi connectivity index (χ2v) is 7.02. The van der Waals surface area contributed by atoms with Crippen molar-refractivity contribution in [2.45, 2.75) is 31.1 Å². The normalized spacial score (nSPS) is 15.6. The summed E-state index contributed by atoms with van der Waals surface area (Å²) in [6.45, 7) is 0.673. The van der Waals surface area contributed by atoms with Gasteiger partial charge in [0.05, 0.1) is 14.2 Å². The van der Waals surface area contributed by atoms with Crippen LogP contribution in [0, 0.1) is 0 Å². The first-order valence-corrected chi connectivity index (χ1v) is 9.40. The van der Waals surface area contributed by atoms with E-state index in [2.05, 4.69) is 29.6 Å². The quantitative estimate of drug-likeness (QED) is 0.742. The van der Waals surface area contributed by atoms with Gasteiger partial charge in [-0.15, -0.1) is 0 Å². The fourth-order valence-corrected chi connectivity index (χ4v) is 3.85. The zero-order valence-electron chi connectivity index (χ0n) is 16.0. The topological polar surface area (TPSA) is 47.6 Å². The standard InChI is InChI=1S/C23H27NO3/c1-26-20-12-10-18(16-21(20)27-2)11-13-22(25)24-17-23(14-6-7-15-23)19-8-4-3-5-9-19/h3-5,8-13,16H,6-7,14-15,17H2,1-2H3,(H,24,25)/b13-11+. The summed E-state index contributed by atoms with van der Waals surface area (Å²) in [5.74, 6) is 1.24. The Morgan fingerprint density at radius 3 is 2.41 bits per heavy atom. The number of hydrogen-bond donors (Lipinski definition) is 1. The number of hydrogen-bond acceptors (Lipinski definition) is 3. The summed E-state index contributed by atoms with van der Waals surface area (Å²) < 4.78 is 10.5. The van der Waals surface area contributed by atoms with Crippen LogP contribution < -0.4 is 14.8 Å². The van der Waals surface area contributed by atoms with Crippen LogP contribution in [0.15, 0.2) is 54.6 Å². The predicted octanol–water partition coefficient (Wildman–Crippen LogP) is 4.35. The van der Waals surface area contributed by atoms with E-state index < -0.39 is 0 Å². The Hall–Kier alpha value is -2.75. The molecule has 0 saturated heterocycles. The molecule has 2 aromatic carbocycles. The van der Waals surface area contributed by atoms with E-state index in [9.17, 15) is 4.79 Å². The number of ether oxygens (including phenoxy) is 2. The molecular weight excluding hydrogens is 338 g/mol. The van der Waals surface area contributed by atoms with E-state index in [0.29, 0.717) is 18.0 Å². The molecule has 1 N–H and O–H groups in total. The van der Waals surface area contributed by atoms with Gasteiger partial charge in [-0.1, -0.05) is 49.2 Å². The van der Waals surface area contributed by atoms with E-state index in [1.54, 1.807) is 26.4 Å². The molecule has 2 aromatic rings. The van der Waals surface area contributed by atoms with Gasteiger partial charge in [-0.05, 0) is 42.2 Å². The van der Waals surface area contributed by atoms with Crippen molar-refractivity contribution in [2.24, 2.45) is 0 Å². The number of carbonyl (C=O) groups is 1. The third-order valence-electron chi connectivity index (χ3n) is 5.38. The summed E-state index contributed by atoms with van der Waals surface area (Å²) in [6, 6.07) is 16.1. The Morgan fingerprint density at radius 1 is 1.04 bits per heavy atom. The first-order chi connectivity index (χ1) is 13.2. The third kappa shape index (κ3) is 4.51. The fourth-order valence-electron chi connectivity index (χ4n) is 3.85. The van der Waals surface area contributed by atoms with Gasteiger partial charge in [0.1, 0.15) is 0 Å². The van der Waals surface area contributed by atoms with E-state index in [1.807, 2.05) is 24.3 Å². The van der Waals surface area contributed by atoms with Crippen molar-refractivity contribution >= 4 is 12.0 Å². The first kappa shape index (κ1) is 19.0. The van der Waals surface area contributed by atoms with E-state index in [1.165, 1.54) is 18.4 Å². The molecule has 0 bridgehead atoms. The molecule has 0 spiro atoms. The summed E-state index contributed by atoms with van der Waals surface area (Å²) in [4.78, 5) is 12.4.